The van der Waals surface area contributed by atoms with Crippen molar-refractivity contribution in [2.24, 2.45) is 0 Å². The minimum absolute atomic E-state index is 0.0847. The van der Waals surface area contributed by atoms with Gasteiger partial charge in [0.05, 0.1) is 25.0 Å². The SMILES string of the molecule is CN(C)C(=O)NC1CCN(c2c(F)cc(N3C[C@H](Cn4ccnn4)OC3=O)cc2F)C1. The van der Waals surface area contributed by atoms with Gasteiger partial charge in [-0.2, -0.15) is 0 Å². The molecule has 2 atom stereocenters. The molecule has 2 aliphatic heterocycles. The van der Waals surface area contributed by atoms with E-state index in [0.29, 0.717) is 26.1 Å². The van der Waals surface area contributed by atoms with Gasteiger partial charge in [-0.3, -0.25) is 4.90 Å². The normalized spacial score (nSPS) is 20.8. The number of aromatic nitrogens is 3. The smallest absolute Gasteiger partial charge is 0.414 e. The number of benzene rings is 1. The standard InChI is InChI=1S/C19H23F2N7O3/c1-25(2)18(29)23-12-3-5-26(9-12)17-15(20)7-13(8-16(17)21)28-11-14(31-19(28)30)10-27-6-4-22-24-27/h4,6-8,12,14H,3,5,9-11H2,1-2H3,(H,23,29)/t12?,14-/m0/s1. The van der Waals surface area contributed by atoms with Gasteiger partial charge in [-0.05, 0) is 6.42 Å². The van der Waals surface area contributed by atoms with E-state index in [1.165, 1.54) is 20.7 Å². The lowest BCUT2D eigenvalue weighted by Crippen LogP contribution is -2.42. The summed E-state index contributed by atoms with van der Waals surface area (Å²) in [7, 11) is 3.25. The van der Waals surface area contributed by atoms with Gasteiger partial charge in [0.25, 0.3) is 0 Å². The van der Waals surface area contributed by atoms with Crippen molar-refractivity contribution in [2.45, 2.75) is 25.1 Å². The summed E-state index contributed by atoms with van der Waals surface area (Å²) in [5.41, 5.74) is -0.0846. The summed E-state index contributed by atoms with van der Waals surface area (Å²) in [6.45, 7) is 1.12. The molecule has 1 aromatic heterocycles. The van der Waals surface area contributed by atoms with Crippen LogP contribution in [0.5, 0.6) is 0 Å². The van der Waals surface area contributed by atoms with Gasteiger partial charge in [0, 0.05) is 51.6 Å². The van der Waals surface area contributed by atoms with E-state index < -0.39 is 23.8 Å². The van der Waals surface area contributed by atoms with E-state index in [9.17, 15) is 18.4 Å². The third kappa shape index (κ3) is 4.37. The van der Waals surface area contributed by atoms with E-state index in [0.717, 1.165) is 12.1 Å². The first-order valence-electron chi connectivity index (χ1n) is 9.86. The summed E-state index contributed by atoms with van der Waals surface area (Å²) < 4.78 is 36.6. The number of carbonyl (C=O) groups is 2. The highest BCUT2D eigenvalue weighted by molar-refractivity contribution is 5.90. The van der Waals surface area contributed by atoms with E-state index in [-0.39, 0.29) is 30.0 Å². The van der Waals surface area contributed by atoms with Gasteiger partial charge in [-0.25, -0.2) is 23.1 Å². The highest BCUT2D eigenvalue weighted by Gasteiger charge is 2.35. The largest absolute Gasteiger partial charge is 0.442 e. The van der Waals surface area contributed by atoms with Crippen LogP contribution in [0, 0.1) is 11.6 Å². The highest BCUT2D eigenvalue weighted by Crippen LogP contribution is 2.32. The van der Waals surface area contributed by atoms with Crippen LogP contribution in [-0.4, -0.2) is 77.9 Å². The van der Waals surface area contributed by atoms with Gasteiger partial charge < -0.3 is 19.9 Å². The molecule has 0 saturated carbocycles. The maximum atomic E-state index is 14.9. The van der Waals surface area contributed by atoms with E-state index in [1.807, 2.05) is 0 Å². The molecule has 3 heterocycles. The van der Waals surface area contributed by atoms with Gasteiger partial charge in [0.2, 0.25) is 0 Å². The molecule has 0 spiro atoms. The summed E-state index contributed by atoms with van der Waals surface area (Å²) in [5, 5.41) is 10.3. The summed E-state index contributed by atoms with van der Waals surface area (Å²) in [5.74, 6) is -1.55. The lowest BCUT2D eigenvalue weighted by atomic mass is 10.2. The molecule has 1 unspecified atom stereocenters. The molecule has 2 fully saturated rings. The molecule has 10 nitrogen and oxygen atoms in total. The molecule has 4 rings (SSSR count). The molecule has 0 bridgehead atoms. The molecule has 1 aromatic carbocycles. The zero-order chi connectivity index (χ0) is 22.1. The van der Waals surface area contributed by atoms with Crippen molar-refractivity contribution in [3.05, 3.63) is 36.2 Å². The average molecular weight is 435 g/mol. The maximum absolute atomic E-state index is 14.9. The number of anilines is 2. The number of hydrogen-bond acceptors (Lipinski definition) is 6. The number of nitrogens with zero attached hydrogens (tertiary/aromatic N) is 6. The summed E-state index contributed by atoms with van der Waals surface area (Å²) in [6.07, 6.45) is 2.52. The summed E-state index contributed by atoms with van der Waals surface area (Å²) in [6, 6.07) is 1.79. The topological polar surface area (TPSA) is 95.8 Å². The molecular formula is C19H23F2N7O3. The first kappa shape index (κ1) is 20.8. The Labute approximate surface area is 177 Å². The van der Waals surface area contributed by atoms with Crippen molar-refractivity contribution in [2.75, 3.05) is 43.5 Å². The lowest BCUT2D eigenvalue weighted by Gasteiger charge is -2.22. The van der Waals surface area contributed by atoms with Crippen LogP contribution in [0.4, 0.5) is 29.7 Å². The number of rotatable bonds is 5. The predicted molar refractivity (Wildman–Crippen MR) is 107 cm³/mol. The molecule has 2 saturated heterocycles. The van der Waals surface area contributed by atoms with Crippen molar-refractivity contribution >= 4 is 23.5 Å². The first-order valence-corrected chi connectivity index (χ1v) is 9.86. The predicted octanol–water partition coefficient (Wildman–Crippen LogP) is 1.43. The molecule has 1 N–H and O–H groups in total. The fourth-order valence-corrected chi connectivity index (χ4v) is 3.76. The Morgan fingerprint density at radius 3 is 2.68 bits per heavy atom. The number of nitrogens with one attached hydrogen (secondary N) is 1. The fraction of sp³-hybridized carbons (Fsp3) is 0.474. The summed E-state index contributed by atoms with van der Waals surface area (Å²) in [4.78, 5) is 28.2. The number of ether oxygens (including phenoxy) is 1. The van der Waals surface area contributed by atoms with Crippen LogP contribution in [0.2, 0.25) is 0 Å². The monoisotopic (exact) mass is 435 g/mol. The number of hydrogen-bond donors (Lipinski definition) is 1. The van der Waals surface area contributed by atoms with E-state index >= 15 is 0 Å². The molecule has 166 valence electrons. The number of carbonyl (C=O) groups excluding carboxylic acids is 2. The second kappa shape index (κ2) is 8.36. The minimum Gasteiger partial charge on any atom is -0.442 e. The van der Waals surface area contributed by atoms with Gasteiger partial charge in [-0.15, -0.1) is 5.10 Å². The van der Waals surface area contributed by atoms with E-state index in [2.05, 4.69) is 15.6 Å². The lowest BCUT2D eigenvalue weighted by molar-refractivity contribution is 0.129. The molecule has 0 radical (unpaired) electrons. The number of urea groups is 1. The first-order chi connectivity index (χ1) is 14.8. The summed E-state index contributed by atoms with van der Waals surface area (Å²) >= 11 is 0. The molecule has 3 amide bonds. The van der Waals surface area contributed by atoms with Crippen LogP contribution in [0.25, 0.3) is 0 Å². The fourth-order valence-electron chi connectivity index (χ4n) is 3.76. The van der Waals surface area contributed by atoms with Gasteiger partial charge in [-0.1, -0.05) is 5.21 Å². The van der Waals surface area contributed by atoms with Crippen LogP contribution in [0.15, 0.2) is 24.5 Å². The Morgan fingerprint density at radius 1 is 1.29 bits per heavy atom. The second-order valence-electron chi connectivity index (χ2n) is 7.78. The third-order valence-electron chi connectivity index (χ3n) is 5.29. The van der Waals surface area contributed by atoms with Crippen LogP contribution >= 0.6 is 0 Å². The number of cyclic esters (lactones) is 1. The molecule has 0 aliphatic carbocycles. The van der Waals surface area contributed by atoms with Gasteiger partial charge in [0.1, 0.15) is 11.8 Å². The molecule has 31 heavy (non-hydrogen) atoms. The van der Waals surface area contributed by atoms with Crippen LogP contribution in [0.1, 0.15) is 6.42 Å². The van der Waals surface area contributed by atoms with Crippen LogP contribution < -0.4 is 15.1 Å². The average Bonchev–Trinajstić information content (AvgIpc) is 3.44. The number of amides is 3. The van der Waals surface area contributed by atoms with Crippen molar-refractivity contribution in [3.8, 4) is 0 Å². The Kier molecular flexibility index (Phi) is 5.61. The minimum atomic E-state index is -0.776. The van der Waals surface area contributed by atoms with Crippen molar-refractivity contribution < 1.29 is 23.1 Å². The van der Waals surface area contributed by atoms with Gasteiger partial charge in [0.15, 0.2) is 11.6 Å². The third-order valence-corrected chi connectivity index (χ3v) is 5.29. The second-order valence-corrected chi connectivity index (χ2v) is 7.78. The molecule has 2 aliphatic rings. The Balaban J connectivity index is 1.45. The molecule has 2 aromatic rings. The quantitative estimate of drug-likeness (QED) is 0.764. The Hall–Kier alpha value is -3.44. The maximum Gasteiger partial charge on any atom is 0.414 e. The Bertz CT molecular complexity index is 946. The van der Waals surface area contributed by atoms with Crippen LogP contribution in [0.3, 0.4) is 0 Å². The molecule has 12 heteroatoms. The van der Waals surface area contributed by atoms with Crippen molar-refractivity contribution in [1.29, 1.82) is 0 Å². The van der Waals surface area contributed by atoms with Crippen molar-refractivity contribution in [3.63, 3.8) is 0 Å². The molecular weight excluding hydrogens is 412 g/mol. The van der Waals surface area contributed by atoms with Gasteiger partial charge >= 0.3 is 12.1 Å². The highest BCUT2D eigenvalue weighted by atomic mass is 19.1. The van der Waals surface area contributed by atoms with E-state index in [4.69, 9.17) is 4.74 Å². The van der Waals surface area contributed by atoms with Crippen LogP contribution in [-0.2, 0) is 11.3 Å². The van der Waals surface area contributed by atoms with Crippen molar-refractivity contribution in [1.82, 2.24) is 25.2 Å². The zero-order valence-electron chi connectivity index (χ0n) is 17.2. The zero-order valence-corrected chi connectivity index (χ0v) is 17.2. The Morgan fingerprint density at radius 2 is 2.03 bits per heavy atom. The van der Waals surface area contributed by atoms with E-state index in [1.54, 1.807) is 25.2 Å². The number of halogens is 2.